The largest absolute Gasteiger partial charge is 0.510 e. The minimum Gasteiger partial charge on any atom is -0.510 e. The molecule has 1 amide bonds. The van der Waals surface area contributed by atoms with Crippen LogP contribution in [0.1, 0.15) is 47.7 Å². The Balaban J connectivity index is 1.73. The predicted octanol–water partition coefficient (Wildman–Crippen LogP) is 6.25. The highest BCUT2D eigenvalue weighted by Gasteiger charge is 2.55. The zero-order chi connectivity index (χ0) is 25.6. The van der Waals surface area contributed by atoms with Gasteiger partial charge in [-0.15, -0.1) is 0 Å². The standard InChI is InChI=1S/C30H27ClN2O3/c1-17-9-11-20(12-10-17)30(3)28(35)26(29(30)36)25(19-7-5-4-6-8-19)27-23(16-32-18(2)34)22-14-13-21(31)15-24(22)33-27/h4-15,25,33,35H,16H2,1-3H3,(H,32,34). The highest BCUT2D eigenvalue weighted by atomic mass is 35.5. The average molecular weight is 499 g/mol. The zero-order valence-corrected chi connectivity index (χ0v) is 21.1. The number of aromatic amines is 1. The molecule has 0 fully saturated rings. The first-order chi connectivity index (χ1) is 17.2. The smallest absolute Gasteiger partial charge is 0.217 e. The van der Waals surface area contributed by atoms with Gasteiger partial charge in [0.2, 0.25) is 5.91 Å². The number of halogens is 1. The molecule has 1 aromatic heterocycles. The molecule has 36 heavy (non-hydrogen) atoms. The molecule has 0 radical (unpaired) electrons. The van der Waals surface area contributed by atoms with Crippen LogP contribution in [0.3, 0.4) is 0 Å². The molecule has 0 spiro atoms. The second kappa shape index (κ2) is 8.99. The molecule has 0 aliphatic heterocycles. The van der Waals surface area contributed by atoms with E-state index in [1.165, 1.54) is 6.92 Å². The highest BCUT2D eigenvalue weighted by molar-refractivity contribution is 6.31. The zero-order valence-electron chi connectivity index (χ0n) is 20.4. The number of carbonyl (C=O) groups is 2. The number of aromatic nitrogens is 1. The Kier molecular flexibility index (Phi) is 5.97. The lowest BCUT2D eigenvalue weighted by atomic mass is 9.60. The maximum atomic E-state index is 13.9. The summed E-state index contributed by atoms with van der Waals surface area (Å²) < 4.78 is 0. The predicted molar refractivity (Wildman–Crippen MR) is 142 cm³/mol. The molecular weight excluding hydrogens is 472 g/mol. The van der Waals surface area contributed by atoms with E-state index >= 15 is 0 Å². The Labute approximate surface area is 214 Å². The molecule has 1 heterocycles. The molecule has 1 aliphatic carbocycles. The molecule has 5 rings (SSSR count). The summed E-state index contributed by atoms with van der Waals surface area (Å²) in [4.78, 5) is 29.2. The number of ketones is 1. The number of carbonyl (C=O) groups excluding carboxylic acids is 2. The number of Topliss-reactive ketones (excluding diaryl/α,β-unsaturated/α-hetero) is 1. The third kappa shape index (κ3) is 3.80. The maximum absolute atomic E-state index is 13.9. The summed E-state index contributed by atoms with van der Waals surface area (Å²) in [5.41, 5.74) is 4.34. The number of hydrogen-bond acceptors (Lipinski definition) is 3. The van der Waals surface area contributed by atoms with E-state index in [9.17, 15) is 14.7 Å². The summed E-state index contributed by atoms with van der Waals surface area (Å²) in [6.07, 6.45) is 0. The van der Waals surface area contributed by atoms with Crippen LogP contribution in [0.2, 0.25) is 5.02 Å². The Morgan fingerprint density at radius 3 is 2.42 bits per heavy atom. The molecule has 5 nitrogen and oxygen atoms in total. The lowest BCUT2D eigenvalue weighted by molar-refractivity contribution is -0.124. The van der Waals surface area contributed by atoms with Crippen molar-refractivity contribution < 1.29 is 14.7 Å². The SMILES string of the molecule is CC(=O)NCc1c(C(C2=C(O)C(C)(c3ccc(C)cc3)C2=O)c2ccccc2)[nH]c2cc(Cl)ccc12. The third-order valence-corrected chi connectivity index (χ3v) is 7.42. The first-order valence-corrected chi connectivity index (χ1v) is 12.2. The van der Waals surface area contributed by atoms with Crippen LogP contribution in [0.5, 0.6) is 0 Å². The second-order valence-electron chi connectivity index (χ2n) is 9.54. The fourth-order valence-corrected chi connectivity index (χ4v) is 5.31. The first-order valence-electron chi connectivity index (χ1n) is 11.9. The molecule has 1 aliphatic rings. The van der Waals surface area contributed by atoms with Gasteiger partial charge in [-0.25, -0.2) is 0 Å². The summed E-state index contributed by atoms with van der Waals surface area (Å²) in [7, 11) is 0. The minimum absolute atomic E-state index is 0.0624. The molecule has 182 valence electrons. The van der Waals surface area contributed by atoms with Crippen molar-refractivity contribution in [3.8, 4) is 0 Å². The topological polar surface area (TPSA) is 82.2 Å². The van der Waals surface area contributed by atoms with Crippen LogP contribution >= 0.6 is 11.6 Å². The van der Waals surface area contributed by atoms with E-state index in [0.29, 0.717) is 10.6 Å². The molecule has 0 bridgehead atoms. The fourth-order valence-electron chi connectivity index (χ4n) is 5.14. The van der Waals surface area contributed by atoms with Crippen LogP contribution in [-0.4, -0.2) is 21.8 Å². The normalized spacial score (nSPS) is 18.3. The van der Waals surface area contributed by atoms with Gasteiger partial charge in [-0.1, -0.05) is 77.8 Å². The molecule has 6 heteroatoms. The molecule has 4 aromatic rings. The number of aryl methyl sites for hydroxylation is 1. The van der Waals surface area contributed by atoms with Crippen molar-refractivity contribution in [2.75, 3.05) is 0 Å². The van der Waals surface area contributed by atoms with Gasteiger partial charge < -0.3 is 15.4 Å². The van der Waals surface area contributed by atoms with Gasteiger partial charge in [0, 0.05) is 46.2 Å². The summed E-state index contributed by atoms with van der Waals surface area (Å²) in [6.45, 7) is 5.49. The van der Waals surface area contributed by atoms with E-state index in [1.807, 2.05) is 73.7 Å². The Hall–Kier alpha value is -3.83. The minimum atomic E-state index is -1.11. The molecular formula is C30H27ClN2O3. The summed E-state index contributed by atoms with van der Waals surface area (Å²) >= 11 is 6.27. The lowest BCUT2D eigenvalue weighted by Gasteiger charge is -2.41. The van der Waals surface area contributed by atoms with Gasteiger partial charge in [-0.2, -0.15) is 0 Å². The van der Waals surface area contributed by atoms with Gasteiger partial charge in [0.15, 0.2) is 5.78 Å². The van der Waals surface area contributed by atoms with Crippen molar-refractivity contribution in [1.82, 2.24) is 10.3 Å². The van der Waals surface area contributed by atoms with Crippen molar-refractivity contribution in [3.05, 3.63) is 117 Å². The maximum Gasteiger partial charge on any atom is 0.217 e. The van der Waals surface area contributed by atoms with E-state index in [1.54, 1.807) is 13.0 Å². The molecule has 3 N–H and O–H groups in total. The van der Waals surface area contributed by atoms with Crippen LogP contribution in [-0.2, 0) is 21.5 Å². The summed E-state index contributed by atoms with van der Waals surface area (Å²) in [6, 6.07) is 22.8. The second-order valence-corrected chi connectivity index (χ2v) is 9.98. The van der Waals surface area contributed by atoms with Crippen LogP contribution in [0, 0.1) is 6.92 Å². The van der Waals surface area contributed by atoms with Gasteiger partial charge >= 0.3 is 0 Å². The number of H-pyrrole nitrogens is 1. The number of hydrogen-bond donors (Lipinski definition) is 3. The van der Waals surface area contributed by atoms with E-state index in [4.69, 9.17) is 11.6 Å². The third-order valence-electron chi connectivity index (χ3n) is 7.18. The van der Waals surface area contributed by atoms with Crippen molar-refractivity contribution in [1.29, 1.82) is 0 Å². The number of amides is 1. The molecule has 0 saturated heterocycles. The van der Waals surface area contributed by atoms with Gasteiger partial charge in [0.1, 0.15) is 11.2 Å². The van der Waals surface area contributed by atoms with Crippen LogP contribution in [0.4, 0.5) is 0 Å². The van der Waals surface area contributed by atoms with Crippen molar-refractivity contribution in [2.24, 2.45) is 0 Å². The number of allylic oxidation sites excluding steroid dienone is 2. The van der Waals surface area contributed by atoms with Gasteiger partial charge in [-0.05, 0) is 37.1 Å². The van der Waals surface area contributed by atoms with Crippen molar-refractivity contribution in [3.63, 3.8) is 0 Å². The highest BCUT2D eigenvalue weighted by Crippen LogP contribution is 2.51. The Morgan fingerprint density at radius 2 is 1.78 bits per heavy atom. The molecule has 3 aromatic carbocycles. The molecule has 2 unspecified atom stereocenters. The van der Waals surface area contributed by atoms with Crippen LogP contribution in [0.15, 0.2) is 84.1 Å². The Bertz CT molecular complexity index is 1520. The first kappa shape index (κ1) is 23.9. The Morgan fingerprint density at radius 1 is 1.08 bits per heavy atom. The number of aliphatic hydroxyl groups is 1. The van der Waals surface area contributed by atoms with Crippen LogP contribution < -0.4 is 5.32 Å². The van der Waals surface area contributed by atoms with Crippen LogP contribution in [0.25, 0.3) is 10.9 Å². The van der Waals surface area contributed by atoms with Crippen molar-refractivity contribution >= 4 is 34.2 Å². The van der Waals surface area contributed by atoms with E-state index in [-0.39, 0.29) is 24.0 Å². The summed E-state index contributed by atoms with van der Waals surface area (Å²) in [5.74, 6) is -0.770. The van der Waals surface area contributed by atoms with Gasteiger partial charge in [-0.3, -0.25) is 9.59 Å². The molecule has 2 atom stereocenters. The number of fused-ring (bicyclic) bond motifs is 1. The van der Waals surface area contributed by atoms with E-state index in [0.717, 1.165) is 38.9 Å². The quantitative estimate of drug-likeness (QED) is 0.294. The molecule has 0 saturated carbocycles. The van der Waals surface area contributed by atoms with Gasteiger partial charge in [0.05, 0.1) is 5.92 Å². The van der Waals surface area contributed by atoms with Gasteiger partial charge in [0.25, 0.3) is 0 Å². The number of benzene rings is 3. The van der Waals surface area contributed by atoms with E-state index < -0.39 is 11.3 Å². The lowest BCUT2D eigenvalue weighted by Crippen LogP contribution is -2.48. The number of rotatable bonds is 6. The van der Waals surface area contributed by atoms with Crippen molar-refractivity contribution in [2.45, 2.75) is 38.6 Å². The summed E-state index contributed by atoms with van der Waals surface area (Å²) in [5, 5.41) is 15.9. The fraction of sp³-hybridized carbons (Fsp3) is 0.200. The average Bonchev–Trinajstić information content (AvgIpc) is 3.22. The number of nitrogens with one attached hydrogen (secondary N) is 2. The monoisotopic (exact) mass is 498 g/mol. The van der Waals surface area contributed by atoms with E-state index in [2.05, 4.69) is 10.3 Å². The number of aliphatic hydroxyl groups excluding tert-OH is 1.